The molecule has 0 atom stereocenters. The van der Waals surface area contributed by atoms with Crippen molar-refractivity contribution in [3.63, 3.8) is 0 Å². The average molecular weight is 348 g/mol. The molecule has 0 unspecified atom stereocenters. The van der Waals surface area contributed by atoms with Crippen molar-refractivity contribution in [3.05, 3.63) is 36.0 Å². The fourth-order valence-electron chi connectivity index (χ4n) is 4.25. The van der Waals surface area contributed by atoms with E-state index >= 15 is 0 Å². The van der Waals surface area contributed by atoms with Crippen LogP contribution >= 0.6 is 0 Å². The lowest BCUT2D eigenvalue weighted by Crippen LogP contribution is -2.37. The molecule has 2 aliphatic heterocycles. The van der Waals surface area contributed by atoms with Crippen LogP contribution in [0.3, 0.4) is 0 Å². The molecule has 0 radical (unpaired) electrons. The predicted molar refractivity (Wildman–Crippen MR) is 102 cm³/mol. The first-order valence-electron chi connectivity index (χ1n) is 9.57. The van der Waals surface area contributed by atoms with E-state index in [1.807, 2.05) is 29.2 Å². The fourth-order valence-corrected chi connectivity index (χ4v) is 4.25. The Morgan fingerprint density at radius 1 is 1.15 bits per heavy atom. The van der Waals surface area contributed by atoms with E-state index in [0.717, 1.165) is 68.5 Å². The number of para-hydroxylation sites is 1. The Morgan fingerprint density at radius 3 is 2.62 bits per heavy atom. The van der Waals surface area contributed by atoms with Crippen molar-refractivity contribution in [3.8, 4) is 6.07 Å². The van der Waals surface area contributed by atoms with E-state index in [-0.39, 0.29) is 0 Å². The van der Waals surface area contributed by atoms with Gasteiger partial charge >= 0.3 is 0 Å². The highest BCUT2D eigenvalue weighted by atomic mass is 16.2. The molecular formula is C21H24N4O. The van der Waals surface area contributed by atoms with Crippen LogP contribution in [0.4, 0.5) is 5.69 Å². The molecule has 0 aliphatic carbocycles. The summed E-state index contributed by atoms with van der Waals surface area (Å²) in [7, 11) is 0. The predicted octanol–water partition coefficient (Wildman–Crippen LogP) is 3.34. The Morgan fingerprint density at radius 2 is 1.88 bits per heavy atom. The minimum absolute atomic E-state index is 0.327. The highest BCUT2D eigenvalue weighted by Gasteiger charge is 2.27. The summed E-state index contributed by atoms with van der Waals surface area (Å²) in [6.45, 7) is 3.65. The number of nitriles is 1. The van der Waals surface area contributed by atoms with Crippen LogP contribution in [0.25, 0.3) is 10.9 Å². The summed E-state index contributed by atoms with van der Waals surface area (Å²) in [5.41, 5.74) is 2.56. The second kappa shape index (κ2) is 7.33. The number of carbonyl (C=O) groups is 1. The molecular weight excluding hydrogens is 324 g/mol. The molecule has 0 N–H and O–H groups in total. The van der Waals surface area contributed by atoms with Crippen molar-refractivity contribution in [1.29, 1.82) is 5.26 Å². The normalized spacial score (nSPS) is 18.3. The zero-order valence-corrected chi connectivity index (χ0v) is 15.0. The monoisotopic (exact) mass is 348 g/mol. The van der Waals surface area contributed by atoms with Gasteiger partial charge in [-0.05, 0) is 37.7 Å². The van der Waals surface area contributed by atoms with Gasteiger partial charge in [0.1, 0.15) is 6.07 Å². The number of hydrogen-bond acceptors (Lipinski definition) is 4. The molecule has 1 aromatic carbocycles. The van der Waals surface area contributed by atoms with E-state index in [2.05, 4.69) is 16.0 Å². The number of hydrogen-bond donors (Lipinski definition) is 0. The molecule has 1 aromatic heterocycles. The number of piperidine rings is 1. The van der Waals surface area contributed by atoms with Crippen molar-refractivity contribution in [2.45, 2.75) is 32.1 Å². The molecule has 0 spiro atoms. The number of likely N-dealkylation sites (tertiary alicyclic amines) is 1. The second-order valence-electron chi connectivity index (χ2n) is 7.37. The summed E-state index contributed by atoms with van der Waals surface area (Å²) in [6.07, 6.45) is 6.66. The number of aromatic nitrogens is 1. The molecule has 134 valence electrons. The van der Waals surface area contributed by atoms with Crippen LogP contribution < -0.4 is 4.90 Å². The van der Waals surface area contributed by atoms with E-state index < -0.39 is 0 Å². The fraction of sp³-hybridized carbons (Fsp3) is 0.476. The van der Waals surface area contributed by atoms with Gasteiger partial charge in [-0.2, -0.15) is 5.26 Å². The summed E-state index contributed by atoms with van der Waals surface area (Å²) in [4.78, 5) is 21.1. The van der Waals surface area contributed by atoms with Gasteiger partial charge in [-0.15, -0.1) is 0 Å². The van der Waals surface area contributed by atoms with Gasteiger partial charge in [0.05, 0.1) is 16.8 Å². The summed E-state index contributed by atoms with van der Waals surface area (Å²) >= 11 is 0. The SMILES string of the molecule is N#Cc1cnc2ccccc2c1N1CCC(CC(=O)N2CCCC2)CC1. The molecule has 5 heteroatoms. The van der Waals surface area contributed by atoms with Crippen molar-refractivity contribution in [2.75, 3.05) is 31.1 Å². The summed E-state index contributed by atoms with van der Waals surface area (Å²) < 4.78 is 0. The summed E-state index contributed by atoms with van der Waals surface area (Å²) in [5.74, 6) is 0.783. The molecule has 2 fully saturated rings. The van der Waals surface area contributed by atoms with Crippen molar-refractivity contribution < 1.29 is 4.79 Å². The Balaban J connectivity index is 1.47. The molecule has 26 heavy (non-hydrogen) atoms. The molecule has 5 nitrogen and oxygen atoms in total. The molecule has 2 saturated heterocycles. The number of amides is 1. The number of rotatable bonds is 3. The zero-order chi connectivity index (χ0) is 17.9. The van der Waals surface area contributed by atoms with E-state index in [4.69, 9.17) is 0 Å². The largest absolute Gasteiger partial charge is 0.370 e. The highest BCUT2D eigenvalue weighted by molar-refractivity contribution is 5.94. The van der Waals surface area contributed by atoms with Gasteiger partial charge in [0.2, 0.25) is 5.91 Å². The van der Waals surface area contributed by atoms with Crippen LogP contribution in [0.1, 0.15) is 37.7 Å². The van der Waals surface area contributed by atoms with Crippen LogP contribution in [-0.2, 0) is 4.79 Å². The standard InChI is InChI=1S/C21H24N4O/c22-14-17-15-23-19-6-2-1-5-18(19)21(17)25-11-7-16(8-12-25)13-20(26)24-9-3-4-10-24/h1-2,5-6,15-16H,3-4,7-13H2. The van der Waals surface area contributed by atoms with E-state index in [1.165, 1.54) is 0 Å². The lowest BCUT2D eigenvalue weighted by atomic mass is 9.92. The summed E-state index contributed by atoms with van der Waals surface area (Å²) in [5, 5.41) is 10.6. The first kappa shape index (κ1) is 16.8. The number of benzene rings is 1. The van der Waals surface area contributed by atoms with E-state index in [1.54, 1.807) is 6.20 Å². The Bertz CT molecular complexity index is 843. The van der Waals surface area contributed by atoms with Crippen LogP contribution in [0.2, 0.25) is 0 Å². The molecule has 2 aromatic rings. The van der Waals surface area contributed by atoms with Crippen LogP contribution in [0, 0.1) is 17.2 Å². The van der Waals surface area contributed by atoms with Gasteiger partial charge in [0.15, 0.2) is 0 Å². The molecule has 3 heterocycles. The molecule has 2 aliphatic rings. The Kier molecular flexibility index (Phi) is 4.75. The van der Waals surface area contributed by atoms with Gasteiger partial charge in [0, 0.05) is 44.2 Å². The maximum Gasteiger partial charge on any atom is 0.222 e. The Labute approximate surface area is 154 Å². The van der Waals surface area contributed by atoms with Crippen LogP contribution in [-0.4, -0.2) is 42.0 Å². The number of anilines is 1. The first-order chi connectivity index (χ1) is 12.8. The number of nitrogens with zero attached hydrogens (tertiary/aromatic N) is 4. The summed E-state index contributed by atoms with van der Waals surface area (Å²) in [6, 6.07) is 10.3. The maximum atomic E-state index is 12.4. The topological polar surface area (TPSA) is 60.2 Å². The van der Waals surface area contributed by atoms with Crippen LogP contribution in [0.15, 0.2) is 30.5 Å². The highest BCUT2D eigenvalue weighted by Crippen LogP contribution is 2.33. The van der Waals surface area contributed by atoms with E-state index in [0.29, 0.717) is 23.8 Å². The quantitative estimate of drug-likeness (QED) is 0.853. The van der Waals surface area contributed by atoms with Gasteiger partial charge < -0.3 is 9.80 Å². The molecule has 1 amide bonds. The lowest BCUT2D eigenvalue weighted by molar-refractivity contribution is -0.131. The number of carbonyl (C=O) groups excluding carboxylic acids is 1. The molecule has 0 bridgehead atoms. The van der Waals surface area contributed by atoms with Gasteiger partial charge in [0.25, 0.3) is 0 Å². The van der Waals surface area contributed by atoms with Crippen molar-refractivity contribution in [2.24, 2.45) is 5.92 Å². The number of fused-ring (bicyclic) bond motifs is 1. The molecule has 4 rings (SSSR count). The second-order valence-corrected chi connectivity index (χ2v) is 7.37. The van der Waals surface area contributed by atoms with Crippen LogP contribution in [0.5, 0.6) is 0 Å². The van der Waals surface area contributed by atoms with Gasteiger partial charge in [-0.1, -0.05) is 18.2 Å². The van der Waals surface area contributed by atoms with Gasteiger partial charge in [-0.25, -0.2) is 0 Å². The third-order valence-electron chi connectivity index (χ3n) is 5.72. The van der Waals surface area contributed by atoms with Crippen molar-refractivity contribution in [1.82, 2.24) is 9.88 Å². The van der Waals surface area contributed by atoms with Gasteiger partial charge in [-0.3, -0.25) is 9.78 Å². The van der Waals surface area contributed by atoms with Crippen molar-refractivity contribution >= 4 is 22.5 Å². The van der Waals surface area contributed by atoms with E-state index in [9.17, 15) is 10.1 Å². The smallest absolute Gasteiger partial charge is 0.222 e. The number of pyridine rings is 1. The third-order valence-corrected chi connectivity index (χ3v) is 5.72. The maximum absolute atomic E-state index is 12.4. The minimum Gasteiger partial charge on any atom is -0.370 e. The average Bonchev–Trinajstić information content (AvgIpc) is 3.23. The lowest BCUT2D eigenvalue weighted by Gasteiger charge is -2.35. The zero-order valence-electron chi connectivity index (χ0n) is 15.0. The Hall–Kier alpha value is -2.61. The molecule has 0 saturated carbocycles. The first-order valence-corrected chi connectivity index (χ1v) is 9.57. The third kappa shape index (κ3) is 3.24. The minimum atomic E-state index is 0.327.